The van der Waals surface area contributed by atoms with Crippen LogP contribution in [-0.4, -0.2) is 46.2 Å². The van der Waals surface area contributed by atoms with Crippen molar-refractivity contribution < 1.29 is 14.3 Å². The highest BCUT2D eigenvalue weighted by Gasteiger charge is 2.07. The predicted molar refractivity (Wildman–Crippen MR) is 84.5 cm³/mol. The van der Waals surface area contributed by atoms with Gasteiger partial charge in [0.05, 0.1) is 13.2 Å². The Morgan fingerprint density at radius 1 is 0.952 bits per heavy atom. The van der Waals surface area contributed by atoms with E-state index in [0.29, 0.717) is 30.3 Å². The third-order valence-corrected chi connectivity index (χ3v) is 2.97. The first kappa shape index (κ1) is 17.5. The first-order valence-electron chi connectivity index (χ1n) is 7.38. The topological polar surface area (TPSA) is 59.6 Å². The lowest BCUT2D eigenvalue weighted by atomic mass is 10.1. The van der Waals surface area contributed by atoms with Gasteiger partial charge < -0.3 is 20.1 Å². The molecule has 0 heterocycles. The van der Waals surface area contributed by atoms with Gasteiger partial charge in [-0.25, -0.2) is 0 Å². The standard InChI is InChI=1S/C16H26N2O3/c1-13(19)14-10-15(20-8-4-6-17-2)12-16(11-14)21-9-5-7-18-3/h10-12,17-18H,4-9H2,1-3H3. The van der Waals surface area contributed by atoms with Gasteiger partial charge >= 0.3 is 0 Å². The third-order valence-electron chi connectivity index (χ3n) is 2.97. The highest BCUT2D eigenvalue weighted by molar-refractivity contribution is 5.94. The van der Waals surface area contributed by atoms with Crippen LogP contribution >= 0.6 is 0 Å². The Bertz CT molecular complexity index is 405. The normalized spacial score (nSPS) is 10.4. The number of Topliss-reactive ketones (excluding diaryl/α,β-unsaturated/α-hetero) is 1. The van der Waals surface area contributed by atoms with E-state index in [1.807, 2.05) is 20.2 Å². The van der Waals surface area contributed by atoms with E-state index in [9.17, 15) is 4.79 Å². The summed E-state index contributed by atoms with van der Waals surface area (Å²) in [6, 6.07) is 5.37. The Morgan fingerprint density at radius 2 is 1.43 bits per heavy atom. The number of rotatable bonds is 11. The monoisotopic (exact) mass is 294 g/mol. The molecule has 5 heteroatoms. The van der Waals surface area contributed by atoms with E-state index in [1.54, 1.807) is 19.1 Å². The van der Waals surface area contributed by atoms with Gasteiger partial charge in [-0.05, 0) is 59.1 Å². The molecule has 0 radical (unpaired) electrons. The Morgan fingerprint density at radius 3 is 1.81 bits per heavy atom. The zero-order valence-corrected chi connectivity index (χ0v) is 13.2. The summed E-state index contributed by atoms with van der Waals surface area (Å²) in [6.45, 7) is 4.58. The Hall–Kier alpha value is -1.59. The molecule has 0 spiro atoms. The molecule has 0 saturated carbocycles. The van der Waals surface area contributed by atoms with Crippen LogP contribution in [0.2, 0.25) is 0 Å². The van der Waals surface area contributed by atoms with E-state index in [2.05, 4.69) is 10.6 Å². The molecule has 0 aliphatic heterocycles. The first-order valence-corrected chi connectivity index (χ1v) is 7.38. The second kappa shape index (κ2) is 10.2. The molecule has 0 fully saturated rings. The SMILES string of the molecule is CNCCCOc1cc(OCCCNC)cc(C(C)=O)c1. The second-order valence-electron chi connectivity index (χ2n) is 4.86. The van der Waals surface area contributed by atoms with E-state index in [4.69, 9.17) is 9.47 Å². The molecule has 0 aromatic heterocycles. The van der Waals surface area contributed by atoms with Gasteiger partial charge in [0.2, 0.25) is 0 Å². The van der Waals surface area contributed by atoms with E-state index in [1.165, 1.54) is 0 Å². The lowest BCUT2D eigenvalue weighted by Crippen LogP contribution is -2.12. The zero-order chi connectivity index (χ0) is 15.5. The van der Waals surface area contributed by atoms with E-state index in [0.717, 1.165) is 25.9 Å². The molecular weight excluding hydrogens is 268 g/mol. The average Bonchev–Trinajstić information content (AvgIpc) is 2.48. The van der Waals surface area contributed by atoms with Crippen LogP contribution in [0.5, 0.6) is 11.5 Å². The number of carbonyl (C=O) groups excluding carboxylic acids is 1. The van der Waals surface area contributed by atoms with Crippen LogP contribution in [0, 0.1) is 0 Å². The Labute approximate surface area is 127 Å². The molecule has 0 aliphatic rings. The van der Waals surface area contributed by atoms with Gasteiger partial charge in [-0.3, -0.25) is 4.79 Å². The molecule has 0 amide bonds. The van der Waals surface area contributed by atoms with Gasteiger partial charge in [0.1, 0.15) is 11.5 Å². The predicted octanol–water partition coefficient (Wildman–Crippen LogP) is 1.87. The minimum atomic E-state index is 0.00995. The maximum Gasteiger partial charge on any atom is 0.160 e. The fourth-order valence-corrected chi connectivity index (χ4v) is 1.82. The fourth-order valence-electron chi connectivity index (χ4n) is 1.82. The van der Waals surface area contributed by atoms with Gasteiger partial charge in [-0.2, -0.15) is 0 Å². The van der Waals surface area contributed by atoms with Crippen LogP contribution in [-0.2, 0) is 0 Å². The number of nitrogens with one attached hydrogen (secondary N) is 2. The van der Waals surface area contributed by atoms with Gasteiger partial charge in [0.15, 0.2) is 5.78 Å². The summed E-state index contributed by atoms with van der Waals surface area (Å²) in [6.07, 6.45) is 1.83. The summed E-state index contributed by atoms with van der Waals surface area (Å²) in [5.41, 5.74) is 0.615. The summed E-state index contributed by atoms with van der Waals surface area (Å²) in [4.78, 5) is 11.6. The highest BCUT2D eigenvalue weighted by atomic mass is 16.5. The van der Waals surface area contributed by atoms with Gasteiger partial charge in [-0.15, -0.1) is 0 Å². The molecular formula is C16H26N2O3. The van der Waals surface area contributed by atoms with Crippen LogP contribution in [0.25, 0.3) is 0 Å². The minimum Gasteiger partial charge on any atom is -0.493 e. The van der Waals surface area contributed by atoms with E-state index < -0.39 is 0 Å². The molecule has 0 bridgehead atoms. The van der Waals surface area contributed by atoms with Crippen LogP contribution < -0.4 is 20.1 Å². The zero-order valence-electron chi connectivity index (χ0n) is 13.2. The minimum absolute atomic E-state index is 0.00995. The lowest BCUT2D eigenvalue weighted by Gasteiger charge is -2.11. The van der Waals surface area contributed by atoms with Crippen molar-refractivity contribution in [3.05, 3.63) is 23.8 Å². The lowest BCUT2D eigenvalue weighted by molar-refractivity contribution is 0.101. The quantitative estimate of drug-likeness (QED) is 0.482. The van der Waals surface area contributed by atoms with E-state index >= 15 is 0 Å². The van der Waals surface area contributed by atoms with Crippen molar-refractivity contribution in [2.75, 3.05) is 40.4 Å². The van der Waals surface area contributed by atoms with Crippen molar-refractivity contribution in [2.45, 2.75) is 19.8 Å². The largest absolute Gasteiger partial charge is 0.493 e. The van der Waals surface area contributed by atoms with Crippen LogP contribution in [0.3, 0.4) is 0 Å². The number of hydrogen-bond acceptors (Lipinski definition) is 5. The van der Waals surface area contributed by atoms with Gasteiger partial charge in [0, 0.05) is 11.6 Å². The summed E-state index contributed by atoms with van der Waals surface area (Å²) < 4.78 is 11.4. The second-order valence-corrected chi connectivity index (χ2v) is 4.86. The molecule has 21 heavy (non-hydrogen) atoms. The highest BCUT2D eigenvalue weighted by Crippen LogP contribution is 2.23. The van der Waals surface area contributed by atoms with Crippen molar-refractivity contribution >= 4 is 5.78 Å². The third kappa shape index (κ3) is 7.11. The van der Waals surface area contributed by atoms with Crippen molar-refractivity contribution in [1.82, 2.24) is 10.6 Å². The number of hydrogen-bond donors (Lipinski definition) is 2. The van der Waals surface area contributed by atoms with Crippen molar-refractivity contribution in [2.24, 2.45) is 0 Å². The molecule has 0 atom stereocenters. The van der Waals surface area contributed by atoms with Crippen LogP contribution in [0.15, 0.2) is 18.2 Å². The van der Waals surface area contributed by atoms with Crippen LogP contribution in [0.4, 0.5) is 0 Å². The molecule has 2 N–H and O–H groups in total. The smallest absolute Gasteiger partial charge is 0.160 e. The van der Waals surface area contributed by atoms with Gasteiger partial charge in [0.25, 0.3) is 0 Å². The van der Waals surface area contributed by atoms with Gasteiger partial charge in [-0.1, -0.05) is 0 Å². The molecule has 0 aliphatic carbocycles. The number of ketones is 1. The molecule has 118 valence electrons. The summed E-state index contributed by atoms with van der Waals surface area (Å²) in [5, 5.41) is 6.14. The van der Waals surface area contributed by atoms with Crippen molar-refractivity contribution in [3.63, 3.8) is 0 Å². The maximum atomic E-state index is 11.6. The summed E-state index contributed by atoms with van der Waals surface area (Å²) in [7, 11) is 3.82. The van der Waals surface area contributed by atoms with Crippen molar-refractivity contribution in [3.8, 4) is 11.5 Å². The van der Waals surface area contributed by atoms with Crippen molar-refractivity contribution in [1.29, 1.82) is 0 Å². The number of ether oxygens (including phenoxy) is 2. The molecule has 5 nitrogen and oxygen atoms in total. The number of benzene rings is 1. The Balaban J connectivity index is 2.63. The summed E-state index contributed by atoms with van der Waals surface area (Å²) >= 11 is 0. The first-order chi connectivity index (χ1) is 10.2. The molecule has 1 rings (SSSR count). The van der Waals surface area contributed by atoms with Crippen LogP contribution in [0.1, 0.15) is 30.1 Å². The molecule has 0 saturated heterocycles. The average molecular weight is 294 g/mol. The summed E-state index contributed by atoms with van der Waals surface area (Å²) in [5.74, 6) is 1.38. The maximum absolute atomic E-state index is 11.6. The fraction of sp³-hybridized carbons (Fsp3) is 0.562. The molecule has 0 unspecified atom stereocenters. The Kier molecular flexibility index (Phi) is 8.47. The molecule has 1 aromatic rings. The number of carbonyl (C=O) groups is 1. The molecule has 1 aromatic carbocycles. The van der Waals surface area contributed by atoms with E-state index in [-0.39, 0.29) is 5.78 Å².